The fourth-order valence-corrected chi connectivity index (χ4v) is 1.67. The lowest BCUT2D eigenvalue weighted by Gasteiger charge is -2.14. The van der Waals surface area contributed by atoms with Crippen molar-refractivity contribution in [1.82, 2.24) is 5.32 Å². The lowest BCUT2D eigenvalue weighted by molar-refractivity contribution is -0.121. The average Bonchev–Trinajstić information content (AvgIpc) is 2.31. The van der Waals surface area contributed by atoms with Crippen molar-refractivity contribution < 1.29 is 4.79 Å². The van der Waals surface area contributed by atoms with Crippen LogP contribution in [-0.2, 0) is 11.2 Å². The normalized spacial score (nSPS) is 11.6. The summed E-state index contributed by atoms with van der Waals surface area (Å²) in [6.45, 7) is 3.96. The third-order valence-electron chi connectivity index (χ3n) is 2.81. The number of hydrogen-bond acceptors (Lipinski definition) is 2. The van der Waals surface area contributed by atoms with E-state index in [9.17, 15) is 4.79 Å². The highest BCUT2D eigenvalue weighted by Gasteiger charge is 2.11. The number of aryl methyl sites for hydroxylation is 1. The second kappa shape index (κ2) is 6.70. The first kappa shape index (κ1) is 13.2. The molecule has 0 aromatic heterocycles. The van der Waals surface area contributed by atoms with E-state index >= 15 is 0 Å². The van der Waals surface area contributed by atoms with E-state index in [1.54, 1.807) is 0 Å². The molecule has 0 bridgehead atoms. The molecule has 0 aliphatic rings. The van der Waals surface area contributed by atoms with Crippen molar-refractivity contribution in [1.29, 1.82) is 5.26 Å². The summed E-state index contributed by atoms with van der Waals surface area (Å²) in [7, 11) is 0. The highest BCUT2D eigenvalue weighted by Crippen LogP contribution is 2.08. The summed E-state index contributed by atoms with van der Waals surface area (Å²) in [5, 5.41) is 11.5. The number of nitrogens with zero attached hydrogens (tertiary/aromatic N) is 1. The lowest BCUT2D eigenvalue weighted by atomic mass is 10.1. The quantitative estimate of drug-likeness (QED) is 0.844. The van der Waals surface area contributed by atoms with Crippen LogP contribution in [0.15, 0.2) is 24.3 Å². The molecule has 1 atom stereocenters. The van der Waals surface area contributed by atoms with Gasteiger partial charge in [0.25, 0.3) is 0 Å². The van der Waals surface area contributed by atoms with Crippen LogP contribution in [0.2, 0.25) is 0 Å². The molecule has 0 saturated heterocycles. The number of carbonyl (C=O) groups is 1. The fraction of sp³-hybridized carbons (Fsp3) is 0.429. The van der Waals surface area contributed by atoms with Crippen molar-refractivity contribution in [3.8, 4) is 6.07 Å². The molecule has 0 unspecified atom stereocenters. The topological polar surface area (TPSA) is 52.9 Å². The molecule has 1 N–H and O–H groups in total. The van der Waals surface area contributed by atoms with E-state index in [0.29, 0.717) is 12.8 Å². The van der Waals surface area contributed by atoms with Gasteiger partial charge in [0.1, 0.15) is 0 Å². The molecular formula is C14H18N2O. The van der Waals surface area contributed by atoms with Crippen LogP contribution < -0.4 is 5.32 Å². The molecule has 0 aliphatic carbocycles. The molecule has 0 heterocycles. The lowest BCUT2D eigenvalue weighted by Crippen LogP contribution is -2.35. The average molecular weight is 230 g/mol. The van der Waals surface area contributed by atoms with E-state index < -0.39 is 0 Å². The van der Waals surface area contributed by atoms with Gasteiger partial charge in [-0.1, -0.05) is 31.2 Å². The highest BCUT2D eigenvalue weighted by molar-refractivity contribution is 5.79. The monoisotopic (exact) mass is 230 g/mol. The summed E-state index contributed by atoms with van der Waals surface area (Å²) in [6.07, 6.45) is 1.54. The fourth-order valence-electron chi connectivity index (χ4n) is 1.67. The van der Waals surface area contributed by atoms with Crippen molar-refractivity contribution in [3.63, 3.8) is 0 Å². The Morgan fingerprint density at radius 1 is 1.47 bits per heavy atom. The largest absolute Gasteiger partial charge is 0.352 e. The Hall–Kier alpha value is -1.82. The smallest absolute Gasteiger partial charge is 0.224 e. The zero-order chi connectivity index (χ0) is 12.7. The van der Waals surface area contributed by atoms with Gasteiger partial charge in [0, 0.05) is 6.04 Å². The van der Waals surface area contributed by atoms with Gasteiger partial charge in [0.05, 0.1) is 18.9 Å². The van der Waals surface area contributed by atoms with Crippen LogP contribution in [0.1, 0.15) is 30.9 Å². The minimum atomic E-state index is -0.0310. The Morgan fingerprint density at radius 3 is 2.76 bits per heavy atom. The number of rotatable bonds is 5. The van der Waals surface area contributed by atoms with Crippen LogP contribution in [0.5, 0.6) is 0 Å². The second-order valence-corrected chi connectivity index (χ2v) is 4.14. The predicted octanol–water partition coefficient (Wildman–Crippen LogP) is 2.35. The number of amides is 1. The van der Waals surface area contributed by atoms with E-state index in [4.69, 9.17) is 5.26 Å². The molecule has 3 heteroatoms. The molecule has 1 amide bonds. The second-order valence-electron chi connectivity index (χ2n) is 4.14. The first-order chi connectivity index (χ1) is 8.17. The Morgan fingerprint density at radius 2 is 2.18 bits per heavy atom. The first-order valence-electron chi connectivity index (χ1n) is 5.88. The molecule has 0 aliphatic heterocycles. The first-order valence-corrected chi connectivity index (χ1v) is 5.88. The van der Waals surface area contributed by atoms with Crippen LogP contribution in [0, 0.1) is 18.3 Å². The molecule has 17 heavy (non-hydrogen) atoms. The van der Waals surface area contributed by atoms with Crippen LogP contribution >= 0.6 is 0 Å². The van der Waals surface area contributed by atoms with Crippen molar-refractivity contribution in [2.75, 3.05) is 0 Å². The van der Waals surface area contributed by atoms with Gasteiger partial charge in [-0.15, -0.1) is 0 Å². The van der Waals surface area contributed by atoms with Gasteiger partial charge in [-0.3, -0.25) is 4.79 Å². The van der Waals surface area contributed by atoms with E-state index in [0.717, 1.165) is 17.5 Å². The predicted molar refractivity (Wildman–Crippen MR) is 67.3 cm³/mol. The van der Waals surface area contributed by atoms with Gasteiger partial charge in [0.2, 0.25) is 5.91 Å². The minimum absolute atomic E-state index is 0.0126. The highest BCUT2D eigenvalue weighted by atomic mass is 16.1. The van der Waals surface area contributed by atoms with Gasteiger partial charge in [-0.05, 0) is 24.5 Å². The van der Waals surface area contributed by atoms with Crippen LogP contribution in [0.25, 0.3) is 0 Å². The zero-order valence-electron chi connectivity index (χ0n) is 10.4. The van der Waals surface area contributed by atoms with E-state index in [1.165, 1.54) is 0 Å². The molecule has 1 aromatic rings. The third-order valence-corrected chi connectivity index (χ3v) is 2.81. The Bertz CT molecular complexity index is 420. The Kier molecular flexibility index (Phi) is 5.22. The van der Waals surface area contributed by atoms with Crippen molar-refractivity contribution >= 4 is 5.91 Å². The molecule has 0 radical (unpaired) electrons. The van der Waals surface area contributed by atoms with E-state index in [-0.39, 0.29) is 11.9 Å². The molecule has 90 valence electrons. The van der Waals surface area contributed by atoms with Gasteiger partial charge >= 0.3 is 0 Å². The molecule has 1 rings (SSSR count). The maximum Gasteiger partial charge on any atom is 0.224 e. The van der Waals surface area contributed by atoms with Crippen molar-refractivity contribution in [2.45, 2.75) is 39.2 Å². The summed E-state index contributed by atoms with van der Waals surface area (Å²) < 4.78 is 0. The van der Waals surface area contributed by atoms with Gasteiger partial charge < -0.3 is 5.32 Å². The van der Waals surface area contributed by atoms with Crippen LogP contribution in [0.4, 0.5) is 0 Å². The molecule has 1 aromatic carbocycles. The molecule has 0 saturated carbocycles. The molecular weight excluding hydrogens is 212 g/mol. The van der Waals surface area contributed by atoms with Gasteiger partial charge in [-0.2, -0.15) is 5.26 Å². The number of nitrogens with one attached hydrogen (secondary N) is 1. The third kappa shape index (κ3) is 4.28. The maximum atomic E-state index is 11.8. The van der Waals surface area contributed by atoms with Crippen LogP contribution in [-0.4, -0.2) is 11.9 Å². The summed E-state index contributed by atoms with van der Waals surface area (Å²) in [6, 6.07) is 9.90. The number of carbonyl (C=O) groups excluding carboxylic acids is 1. The van der Waals surface area contributed by atoms with Gasteiger partial charge in [-0.25, -0.2) is 0 Å². The standard InChI is InChI=1S/C14H18N2O/c1-3-13(8-9-15)16-14(17)10-12-7-5-4-6-11(12)2/h4-7,13H,3,8,10H2,1-2H3,(H,16,17)/t13-/m0/s1. The number of benzene rings is 1. The number of hydrogen-bond donors (Lipinski definition) is 1. The van der Waals surface area contributed by atoms with Crippen molar-refractivity contribution in [2.24, 2.45) is 0 Å². The summed E-state index contributed by atoms with van der Waals surface area (Å²) >= 11 is 0. The number of nitriles is 1. The SMILES string of the molecule is CC[C@@H](CC#N)NC(=O)Cc1ccccc1C. The Balaban J connectivity index is 2.56. The van der Waals surface area contributed by atoms with E-state index in [2.05, 4.69) is 11.4 Å². The molecule has 3 nitrogen and oxygen atoms in total. The minimum Gasteiger partial charge on any atom is -0.352 e. The van der Waals surface area contributed by atoms with Crippen LogP contribution in [0.3, 0.4) is 0 Å². The zero-order valence-corrected chi connectivity index (χ0v) is 10.4. The Labute approximate surface area is 102 Å². The maximum absolute atomic E-state index is 11.8. The molecule has 0 spiro atoms. The summed E-state index contributed by atoms with van der Waals surface area (Å²) in [5.74, 6) is -0.0126. The van der Waals surface area contributed by atoms with E-state index in [1.807, 2.05) is 38.1 Å². The molecule has 0 fully saturated rings. The summed E-state index contributed by atoms with van der Waals surface area (Å²) in [5.41, 5.74) is 2.16. The van der Waals surface area contributed by atoms with Gasteiger partial charge in [0.15, 0.2) is 0 Å². The summed E-state index contributed by atoms with van der Waals surface area (Å²) in [4.78, 5) is 11.8. The van der Waals surface area contributed by atoms with Crippen molar-refractivity contribution in [3.05, 3.63) is 35.4 Å².